The van der Waals surface area contributed by atoms with Gasteiger partial charge in [-0.25, -0.2) is 0 Å². The Kier molecular flexibility index (Phi) is 5.11. The Morgan fingerprint density at radius 3 is 2.40 bits per heavy atom. The van der Waals surface area contributed by atoms with Crippen molar-refractivity contribution in [3.63, 3.8) is 0 Å². The summed E-state index contributed by atoms with van der Waals surface area (Å²) in [5.41, 5.74) is 2.27. The summed E-state index contributed by atoms with van der Waals surface area (Å²) in [6.45, 7) is 8.76. The lowest BCUT2D eigenvalue weighted by Gasteiger charge is -2.33. The van der Waals surface area contributed by atoms with E-state index in [-0.39, 0.29) is 5.91 Å². The molecule has 0 atom stereocenters. The summed E-state index contributed by atoms with van der Waals surface area (Å²) in [6, 6.07) is 8.32. The van der Waals surface area contributed by atoms with E-state index in [0.29, 0.717) is 43.9 Å². The van der Waals surface area contributed by atoms with Gasteiger partial charge < -0.3 is 15.1 Å². The third-order valence-electron chi connectivity index (χ3n) is 4.41. The van der Waals surface area contributed by atoms with Crippen molar-refractivity contribution in [2.45, 2.75) is 26.7 Å². The van der Waals surface area contributed by atoms with Gasteiger partial charge in [0, 0.05) is 38.8 Å². The summed E-state index contributed by atoms with van der Waals surface area (Å²) < 4.78 is 0. The van der Waals surface area contributed by atoms with Crippen molar-refractivity contribution in [2.75, 3.05) is 36.4 Å². The van der Waals surface area contributed by atoms with Crippen LogP contribution in [-0.4, -0.2) is 52.2 Å². The largest absolute Gasteiger partial charge is 0.339 e. The van der Waals surface area contributed by atoms with Crippen molar-refractivity contribution in [2.24, 2.45) is 0 Å². The molecule has 0 saturated carbocycles. The molecule has 7 nitrogen and oxygen atoms in total. The van der Waals surface area contributed by atoms with Gasteiger partial charge in [0.15, 0.2) is 5.82 Å². The number of amides is 1. The van der Waals surface area contributed by atoms with Gasteiger partial charge in [-0.15, -0.1) is 5.10 Å². The Labute approximate surface area is 148 Å². The fraction of sp³-hybridized carbons (Fsp3) is 0.444. The molecule has 2 aromatic rings. The number of anilines is 3. The fourth-order valence-electron chi connectivity index (χ4n) is 2.81. The van der Waals surface area contributed by atoms with Crippen LogP contribution in [0.15, 0.2) is 30.5 Å². The molecule has 0 bridgehead atoms. The fourth-order valence-corrected chi connectivity index (χ4v) is 2.81. The summed E-state index contributed by atoms with van der Waals surface area (Å²) >= 11 is 0. The SMILES string of the molecule is CC(=O)N1CCN(c2nncc(Nc3ccc(C(C)C)cc3)n2)CC1. The van der Waals surface area contributed by atoms with Gasteiger partial charge in [-0.05, 0) is 23.6 Å². The Morgan fingerprint density at radius 2 is 1.80 bits per heavy atom. The minimum atomic E-state index is 0.110. The molecule has 132 valence electrons. The monoisotopic (exact) mass is 340 g/mol. The summed E-state index contributed by atoms with van der Waals surface area (Å²) in [6.07, 6.45) is 1.62. The minimum Gasteiger partial charge on any atom is -0.339 e. The lowest BCUT2D eigenvalue weighted by atomic mass is 10.0. The second kappa shape index (κ2) is 7.46. The molecule has 3 rings (SSSR count). The van der Waals surface area contributed by atoms with Gasteiger partial charge in [-0.1, -0.05) is 26.0 Å². The maximum atomic E-state index is 11.4. The highest BCUT2D eigenvalue weighted by Gasteiger charge is 2.20. The second-order valence-corrected chi connectivity index (χ2v) is 6.54. The first-order chi connectivity index (χ1) is 12.0. The number of benzene rings is 1. The van der Waals surface area contributed by atoms with Gasteiger partial charge in [-0.3, -0.25) is 4.79 Å². The molecule has 7 heteroatoms. The highest BCUT2D eigenvalue weighted by Crippen LogP contribution is 2.20. The first-order valence-electron chi connectivity index (χ1n) is 8.60. The zero-order chi connectivity index (χ0) is 17.8. The Morgan fingerprint density at radius 1 is 1.12 bits per heavy atom. The van der Waals surface area contributed by atoms with Gasteiger partial charge in [-0.2, -0.15) is 10.1 Å². The molecule has 0 spiro atoms. The molecular formula is C18H24N6O. The molecule has 1 aromatic carbocycles. The van der Waals surface area contributed by atoms with E-state index in [1.165, 1.54) is 5.56 Å². The van der Waals surface area contributed by atoms with Crippen LogP contribution in [0.25, 0.3) is 0 Å². The Bertz CT molecular complexity index is 723. The number of carbonyl (C=O) groups is 1. The van der Waals surface area contributed by atoms with E-state index in [4.69, 9.17) is 0 Å². The van der Waals surface area contributed by atoms with Crippen LogP contribution in [-0.2, 0) is 4.79 Å². The van der Waals surface area contributed by atoms with Crippen LogP contribution in [0.1, 0.15) is 32.3 Å². The molecule has 1 N–H and O–H groups in total. The molecule has 1 fully saturated rings. The molecule has 0 unspecified atom stereocenters. The average molecular weight is 340 g/mol. The third kappa shape index (κ3) is 4.23. The van der Waals surface area contributed by atoms with Gasteiger partial charge in [0.2, 0.25) is 11.9 Å². The van der Waals surface area contributed by atoms with Crippen molar-refractivity contribution < 1.29 is 4.79 Å². The highest BCUT2D eigenvalue weighted by atomic mass is 16.2. The number of carbonyl (C=O) groups excluding carboxylic acids is 1. The molecule has 1 aromatic heterocycles. The predicted molar refractivity (Wildman–Crippen MR) is 98.1 cm³/mol. The van der Waals surface area contributed by atoms with Gasteiger partial charge in [0.05, 0.1) is 6.20 Å². The topological polar surface area (TPSA) is 74.2 Å². The molecule has 1 aliphatic heterocycles. The van der Waals surface area contributed by atoms with Gasteiger partial charge in [0.25, 0.3) is 0 Å². The zero-order valence-corrected chi connectivity index (χ0v) is 14.9. The summed E-state index contributed by atoms with van der Waals surface area (Å²) in [5, 5.41) is 11.5. The van der Waals surface area contributed by atoms with Crippen molar-refractivity contribution in [3.8, 4) is 0 Å². The molecule has 0 aliphatic carbocycles. The van der Waals surface area contributed by atoms with E-state index in [9.17, 15) is 4.79 Å². The molecule has 1 saturated heterocycles. The van der Waals surface area contributed by atoms with E-state index in [1.54, 1.807) is 13.1 Å². The quantitative estimate of drug-likeness (QED) is 0.921. The molecule has 1 aliphatic rings. The first-order valence-corrected chi connectivity index (χ1v) is 8.60. The molecule has 2 heterocycles. The van der Waals surface area contributed by atoms with Crippen LogP contribution in [0.4, 0.5) is 17.5 Å². The Balaban J connectivity index is 1.66. The number of aromatic nitrogens is 3. The van der Waals surface area contributed by atoms with Crippen molar-refractivity contribution >= 4 is 23.4 Å². The summed E-state index contributed by atoms with van der Waals surface area (Å²) in [5.74, 6) is 1.87. The zero-order valence-electron chi connectivity index (χ0n) is 14.9. The molecule has 1 amide bonds. The first kappa shape index (κ1) is 17.1. The van der Waals surface area contributed by atoms with Crippen molar-refractivity contribution in [1.29, 1.82) is 0 Å². The molecule has 25 heavy (non-hydrogen) atoms. The number of piperazine rings is 1. The normalized spacial score (nSPS) is 14.7. The van der Waals surface area contributed by atoms with Crippen LogP contribution in [0.3, 0.4) is 0 Å². The van der Waals surface area contributed by atoms with Crippen molar-refractivity contribution in [3.05, 3.63) is 36.0 Å². The van der Waals surface area contributed by atoms with Crippen LogP contribution >= 0.6 is 0 Å². The molecule has 0 radical (unpaired) electrons. The van der Waals surface area contributed by atoms with E-state index in [0.717, 1.165) is 5.69 Å². The van der Waals surface area contributed by atoms with Crippen LogP contribution in [0.5, 0.6) is 0 Å². The number of hydrogen-bond donors (Lipinski definition) is 1. The maximum absolute atomic E-state index is 11.4. The highest BCUT2D eigenvalue weighted by molar-refractivity contribution is 5.73. The minimum absolute atomic E-state index is 0.110. The number of hydrogen-bond acceptors (Lipinski definition) is 6. The number of nitrogens with zero attached hydrogens (tertiary/aromatic N) is 5. The van der Waals surface area contributed by atoms with Crippen LogP contribution in [0.2, 0.25) is 0 Å². The lowest BCUT2D eigenvalue weighted by molar-refractivity contribution is -0.129. The standard InChI is InChI=1S/C18H24N6O/c1-13(2)15-4-6-16(7-5-15)20-17-12-19-22-18(21-17)24-10-8-23(9-11-24)14(3)25/h4-7,12-13H,8-11H2,1-3H3,(H,20,21,22). The summed E-state index contributed by atoms with van der Waals surface area (Å²) in [7, 11) is 0. The van der Waals surface area contributed by atoms with Gasteiger partial charge >= 0.3 is 0 Å². The van der Waals surface area contributed by atoms with Crippen LogP contribution in [0, 0.1) is 0 Å². The number of nitrogens with one attached hydrogen (secondary N) is 1. The Hall–Kier alpha value is -2.70. The third-order valence-corrected chi connectivity index (χ3v) is 4.41. The lowest BCUT2D eigenvalue weighted by Crippen LogP contribution is -2.48. The smallest absolute Gasteiger partial charge is 0.247 e. The number of rotatable bonds is 4. The van der Waals surface area contributed by atoms with Gasteiger partial charge in [0.1, 0.15) is 0 Å². The van der Waals surface area contributed by atoms with Crippen molar-refractivity contribution in [1.82, 2.24) is 20.1 Å². The average Bonchev–Trinajstić information content (AvgIpc) is 2.62. The van der Waals surface area contributed by atoms with E-state index in [2.05, 4.69) is 51.4 Å². The van der Waals surface area contributed by atoms with Crippen LogP contribution < -0.4 is 10.2 Å². The summed E-state index contributed by atoms with van der Waals surface area (Å²) in [4.78, 5) is 19.9. The van der Waals surface area contributed by atoms with E-state index >= 15 is 0 Å². The van der Waals surface area contributed by atoms with E-state index < -0.39 is 0 Å². The predicted octanol–water partition coefficient (Wildman–Crippen LogP) is 2.41. The maximum Gasteiger partial charge on any atom is 0.247 e. The molecular weight excluding hydrogens is 316 g/mol. The van der Waals surface area contributed by atoms with E-state index in [1.807, 2.05) is 17.0 Å². The second-order valence-electron chi connectivity index (χ2n) is 6.54.